The van der Waals surface area contributed by atoms with Crippen LogP contribution in [0.1, 0.15) is 17.6 Å². The quantitative estimate of drug-likeness (QED) is 0.818. The van der Waals surface area contributed by atoms with E-state index in [9.17, 15) is 0 Å². The Balaban J connectivity index is 2.22. The lowest BCUT2D eigenvalue weighted by atomic mass is 10.2. The van der Waals surface area contributed by atoms with Gasteiger partial charge in [0.05, 0.1) is 18.8 Å². The summed E-state index contributed by atoms with van der Waals surface area (Å²) in [6.45, 7) is 2.93. The number of aromatic nitrogens is 2. The van der Waals surface area contributed by atoms with Gasteiger partial charge in [0.15, 0.2) is 0 Å². The predicted molar refractivity (Wildman–Crippen MR) is 61.4 cm³/mol. The van der Waals surface area contributed by atoms with Crippen molar-refractivity contribution >= 4 is 11.8 Å². The third-order valence-electron chi connectivity index (χ3n) is 2.32. The highest BCUT2D eigenvalue weighted by Gasteiger charge is 2.17. The molecule has 2 heterocycles. The summed E-state index contributed by atoms with van der Waals surface area (Å²) < 4.78 is 5.14. The first-order chi connectivity index (χ1) is 7.29. The molecule has 0 radical (unpaired) electrons. The first-order valence-electron chi connectivity index (χ1n) is 5.00. The first-order valence-corrected chi connectivity index (χ1v) is 6.16. The van der Waals surface area contributed by atoms with Crippen LogP contribution in [0.5, 0.6) is 5.88 Å². The number of nitrogens with one attached hydrogen (secondary N) is 1. The second-order valence-corrected chi connectivity index (χ2v) is 4.61. The maximum atomic E-state index is 5.14. The molecule has 0 saturated carbocycles. The van der Waals surface area contributed by atoms with Crippen LogP contribution in [0.4, 0.5) is 0 Å². The van der Waals surface area contributed by atoms with Crippen LogP contribution in [-0.4, -0.2) is 35.1 Å². The van der Waals surface area contributed by atoms with Crippen LogP contribution >= 0.6 is 11.8 Å². The minimum atomic E-state index is 0.333. The Kier molecular flexibility index (Phi) is 3.43. The van der Waals surface area contributed by atoms with Crippen molar-refractivity contribution < 1.29 is 4.74 Å². The Bertz CT molecular complexity index is 339. The molecule has 0 bridgehead atoms. The number of hydrogen-bond donors (Lipinski definition) is 1. The maximum absolute atomic E-state index is 5.14. The lowest BCUT2D eigenvalue weighted by molar-refractivity contribution is 0.393. The lowest BCUT2D eigenvalue weighted by Gasteiger charge is -2.22. The molecule has 4 nitrogen and oxygen atoms in total. The average molecular weight is 225 g/mol. The highest BCUT2D eigenvalue weighted by Crippen LogP contribution is 2.22. The second kappa shape index (κ2) is 4.81. The van der Waals surface area contributed by atoms with E-state index in [1.165, 1.54) is 5.75 Å². The molecular formula is C10H15N3OS. The zero-order valence-corrected chi connectivity index (χ0v) is 9.80. The Labute approximate surface area is 93.8 Å². The molecular weight excluding hydrogens is 210 g/mol. The molecule has 1 fully saturated rings. The topological polar surface area (TPSA) is 47.0 Å². The zero-order chi connectivity index (χ0) is 10.7. The fourth-order valence-electron chi connectivity index (χ4n) is 1.60. The minimum absolute atomic E-state index is 0.333. The van der Waals surface area contributed by atoms with E-state index in [0.717, 1.165) is 23.8 Å². The molecule has 1 atom stereocenters. The average Bonchev–Trinajstić information content (AvgIpc) is 2.29. The third kappa shape index (κ3) is 2.60. The van der Waals surface area contributed by atoms with E-state index in [4.69, 9.17) is 4.74 Å². The van der Waals surface area contributed by atoms with Crippen molar-refractivity contribution in [3.05, 3.63) is 17.6 Å². The van der Waals surface area contributed by atoms with Crippen LogP contribution in [0.25, 0.3) is 0 Å². The van der Waals surface area contributed by atoms with Gasteiger partial charge in [-0.15, -0.1) is 0 Å². The molecule has 1 aromatic heterocycles. The predicted octanol–water partition coefficient (Wildman–Crippen LogP) is 1.17. The van der Waals surface area contributed by atoms with Gasteiger partial charge >= 0.3 is 0 Å². The Morgan fingerprint density at radius 2 is 2.40 bits per heavy atom. The highest BCUT2D eigenvalue weighted by molar-refractivity contribution is 7.99. The van der Waals surface area contributed by atoms with Crippen LogP contribution < -0.4 is 10.1 Å². The van der Waals surface area contributed by atoms with Gasteiger partial charge in [0.25, 0.3) is 0 Å². The fraction of sp³-hybridized carbons (Fsp3) is 0.600. The molecule has 15 heavy (non-hydrogen) atoms. The number of hydrogen-bond acceptors (Lipinski definition) is 5. The number of methoxy groups -OCH3 is 1. The van der Waals surface area contributed by atoms with Crippen LogP contribution in [-0.2, 0) is 0 Å². The van der Waals surface area contributed by atoms with Crippen molar-refractivity contribution in [2.45, 2.75) is 13.0 Å². The number of ether oxygens (including phenoxy) is 1. The molecule has 1 aliphatic rings. The molecule has 1 N–H and O–H groups in total. The normalized spacial score (nSPS) is 21.3. The summed E-state index contributed by atoms with van der Waals surface area (Å²) in [4.78, 5) is 8.62. The van der Waals surface area contributed by atoms with Gasteiger partial charge in [-0.2, -0.15) is 16.7 Å². The molecule has 1 aromatic rings. The van der Waals surface area contributed by atoms with E-state index >= 15 is 0 Å². The monoisotopic (exact) mass is 225 g/mol. The molecule has 82 valence electrons. The molecule has 0 aliphatic carbocycles. The number of rotatable bonds is 2. The lowest BCUT2D eigenvalue weighted by Crippen LogP contribution is -2.31. The Morgan fingerprint density at radius 1 is 1.53 bits per heavy atom. The molecule has 1 saturated heterocycles. The van der Waals surface area contributed by atoms with Crippen LogP contribution in [0, 0.1) is 6.92 Å². The van der Waals surface area contributed by atoms with E-state index in [1.807, 2.05) is 24.8 Å². The summed E-state index contributed by atoms with van der Waals surface area (Å²) in [6.07, 6.45) is 0. The van der Waals surface area contributed by atoms with Gasteiger partial charge in [-0.05, 0) is 6.92 Å². The molecule has 1 aliphatic heterocycles. The third-order valence-corrected chi connectivity index (χ3v) is 3.38. The van der Waals surface area contributed by atoms with E-state index in [0.29, 0.717) is 11.9 Å². The summed E-state index contributed by atoms with van der Waals surface area (Å²) in [5.41, 5.74) is 1.03. The largest absolute Gasteiger partial charge is 0.481 e. The van der Waals surface area contributed by atoms with E-state index in [-0.39, 0.29) is 0 Å². The van der Waals surface area contributed by atoms with Crippen molar-refractivity contribution in [1.82, 2.24) is 15.3 Å². The first kappa shape index (κ1) is 10.7. The van der Waals surface area contributed by atoms with Gasteiger partial charge in [0, 0.05) is 24.1 Å². The van der Waals surface area contributed by atoms with Gasteiger partial charge in [0.2, 0.25) is 5.88 Å². The molecule has 0 aromatic carbocycles. The van der Waals surface area contributed by atoms with Gasteiger partial charge < -0.3 is 10.1 Å². The van der Waals surface area contributed by atoms with Crippen molar-refractivity contribution in [3.8, 4) is 5.88 Å². The molecule has 1 unspecified atom stereocenters. The number of aryl methyl sites for hydroxylation is 1. The second-order valence-electron chi connectivity index (χ2n) is 3.46. The summed E-state index contributed by atoms with van der Waals surface area (Å²) in [5, 5.41) is 3.45. The smallest absolute Gasteiger partial charge is 0.216 e. The van der Waals surface area contributed by atoms with Crippen LogP contribution in [0.3, 0.4) is 0 Å². The molecule has 5 heteroatoms. The van der Waals surface area contributed by atoms with Gasteiger partial charge in [-0.3, -0.25) is 0 Å². The van der Waals surface area contributed by atoms with Crippen molar-refractivity contribution in [2.75, 3.05) is 25.2 Å². The van der Waals surface area contributed by atoms with Gasteiger partial charge in [0.1, 0.15) is 5.82 Å². The number of nitrogens with zero attached hydrogens (tertiary/aromatic N) is 2. The van der Waals surface area contributed by atoms with Crippen molar-refractivity contribution in [1.29, 1.82) is 0 Å². The summed E-state index contributed by atoms with van der Waals surface area (Å²) in [7, 11) is 1.63. The molecule has 2 rings (SSSR count). The summed E-state index contributed by atoms with van der Waals surface area (Å²) >= 11 is 1.95. The standard InChI is InChI=1S/C10H15N3OS/c1-7-12-8(5-10(13-7)14-2)9-6-15-4-3-11-9/h5,9,11H,3-4,6H2,1-2H3. The van der Waals surface area contributed by atoms with Crippen molar-refractivity contribution in [3.63, 3.8) is 0 Å². The van der Waals surface area contributed by atoms with E-state index in [2.05, 4.69) is 15.3 Å². The highest BCUT2D eigenvalue weighted by atomic mass is 32.2. The Morgan fingerprint density at radius 3 is 3.07 bits per heavy atom. The Hall–Kier alpha value is -0.810. The maximum Gasteiger partial charge on any atom is 0.216 e. The van der Waals surface area contributed by atoms with Crippen LogP contribution in [0.15, 0.2) is 6.07 Å². The van der Waals surface area contributed by atoms with Gasteiger partial charge in [-0.1, -0.05) is 0 Å². The van der Waals surface area contributed by atoms with E-state index in [1.54, 1.807) is 7.11 Å². The minimum Gasteiger partial charge on any atom is -0.481 e. The summed E-state index contributed by atoms with van der Waals surface area (Å²) in [6, 6.07) is 2.25. The van der Waals surface area contributed by atoms with Crippen molar-refractivity contribution in [2.24, 2.45) is 0 Å². The molecule has 0 spiro atoms. The zero-order valence-electron chi connectivity index (χ0n) is 8.99. The van der Waals surface area contributed by atoms with Gasteiger partial charge in [-0.25, -0.2) is 4.98 Å². The SMILES string of the molecule is COc1cc(C2CSCCN2)nc(C)n1. The van der Waals surface area contributed by atoms with Crippen LogP contribution in [0.2, 0.25) is 0 Å². The number of thioether (sulfide) groups is 1. The fourth-order valence-corrected chi connectivity index (χ4v) is 2.55. The molecule has 0 amide bonds. The summed E-state index contributed by atoms with van der Waals surface area (Å²) in [5.74, 6) is 3.66. The van der Waals surface area contributed by atoms with E-state index < -0.39 is 0 Å².